The van der Waals surface area contributed by atoms with E-state index in [2.05, 4.69) is 4.74 Å². The van der Waals surface area contributed by atoms with Crippen LogP contribution in [-0.4, -0.2) is 32.3 Å². The molecule has 0 bridgehead atoms. The molecule has 0 amide bonds. The number of hydrogen-bond acceptors (Lipinski definition) is 4. The molecule has 1 saturated heterocycles. The van der Waals surface area contributed by atoms with E-state index in [1.165, 1.54) is 7.11 Å². The highest BCUT2D eigenvalue weighted by Gasteiger charge is 2.21. The third-order valence-corrected chi connectivity index (χ3v) is 2.43. The van der Waals surface area contributed by atoms with Crippen LogP contribution in [0, 0.1) is 5.92 Å². The van der Waals surface area contributed by atoms with Gasteiger partial charge in [0, 0.05) is 13.2 Å². The standard InChI is InChI=1S/C9H17NO3.ClH/c1-12-9(11)8(10)6-7-2-4-13-5-3-7;/h7-8H,2-6,10H2,1H3;1H. The number of halogens is 1. The number of rotatable bonds is 3. The molecule has 1 atom stereocenters. The molecular weight excluding hydrogens is 206 g/mol. The Bertz CT molecular complexity index is 171. The van der Waals surface area contributed by atoms with Gasteiger partial charge in [-0.2, -0.15) is 0 Å². The van der Waals surface area contributed by atoms with Crippen molar-refractivity contribution in [2.75, 3.05) is 20.3 Å². The summed E-state index contributed by atoms with van der Waals surface area (Å²) in [6.45, 7) is 1.58. The van der Waals surface area contributed by atoms with Crippen LogP contribution in [0.15, 0.2) is 0 Å². The first-order valence-electron chi connectivity index (χ1n) is 4.65. The molecule has 14 heavy (non-hydrogen) atoms. The van der Waals surface area contributed by atoms with E-state index in [0.29, 0.717) is 5.92 Å². The molecule has 1 unspecified atom stereocenters. The normalized spacial score (nSPS) is 19.6. The van der Waals surface area contributed by atoms with Crippen molar-refractivity contribution < 1.29 is 14.3 Å². The van der Waals surface area contributed by atoms with Crippen LogP contribution in [-0.2, 0) is 14.3 Å². The molecule has 0 radical (unpaired) electrons. The minimum atomic E-state index is -0.465. The lowest BCUT2D eigenvalue weighted by molar-refractivity contribution is -0.142. The minimum Gasteiger partial charge on any atom is -0.468 e. The average Bonchev–Trinajstić information content (AvgIpc) is 2.18. The summed E-state index contributed by atoms with van der Waals surface area (Å²) in [5.74, 6) is 0.203. The van der Waals surface area contributed by atoms with Crippen LogP contribution in [0.4, 0.5) is 0 Å². The van der Waals surface area contributed by atoms with Gasteiger partial charge in [0.25, 0.3) is 0 Å². The number of carbonyl (C=O) groups is 1. The predicted molar refractivity (Wildman–Crippen MR) is 55.4 cm³/mol. The van der Waals surface area contributed by atoms with Crippen molar-refractivity contribution in [2.24, 2.45) is 11.7 Å². The molecule has 1 rings (SSSR count). The molecule has 1 fully saturated rings. The van der Waals surface area contributed by atoms with E-state index in [0.717, 1.165) is 32.5 Å². The summed E-state index contributed by atoms with van der Waals surface area (Å²) in [4.78, 5) is 11.0. The second-order valence-electron chi connectivity index (χ2n) is 3.42. The Balaban J connectivity index is 0.00000169. The summed E-state index contributed by atoms with van der Waals surface area (Å²) >= 11 is 0. The van der Waals surface area contributed by atoms with Crippen LogP contribution in [0.3, 0.4) is 0 Å². The first-order valence-corrected chi connectivity index (χ1v) is 4.65. The first-order chi connectivity index (χ1) is 6.24. The highest BCUT2D eigenvalue weighted by molar-refractivity contribution is 5.85. The molecule has 0 saturated carbocycles. The van der Waals surface area contributed by atoms with Gasteiger partial charge in [-0.05, 0) is 25.2 Å². The smallest absolute Gasteiger partial charge is 0.322 e. The number of nitrogens with two attached hydrogens (primary N) is 1. The quantitative estimate of drug-likeness (QED) is 0.717. The zero-order valence-electron chi connectivity index (χ0n) is 8.40. The van der Waals surface area contributed by atoms with Crippen molar-refractivity contribution in [3.8, 4) is 0 Å². The van der Waals surface area contributed by atoms with E-state index >= 15 is 0 Å². The third-order valence-electron chi connectivity index (χ3n) is 2.43. The zero-order valence-corrected chi connectivity index (χ0v) is 9.22. The van der Waals surface area contributed by atoms with Crippen LogP contribution in [0.2, 0.25) is 0 Å². The molecule has 0 aromatic carbocycles. The Morgan fingerprint density at radius 1 is 1.57 bits per heavy atom. The van der Waals surface area contributed by atoms with Gasteiger partial charge in [0.1, 0.15) is 6.04 Å². The maximum atomic E-state index is 11.0. The SMILES string of the molecule is COC(=O)C(N)CC1CCOCC1.Cl. The van der Waals surface area contributed by atoms with Crippen LogP contribution in [0.25, 0.3) is 0 Å². The van der Waals surface area contributed by atoms with Gasteiger partial charge in [-0.3, -0.25) is 4.79 Å². The Morgan fingerprint density at radius 3 is 2.64 bits per heavy atom. The second-order valence-corrected chi connectivity index (χ2v) is 3.42. The topological polar surface area (TPSA) is 61.5 Å². The minimum absolute atomic E-state index is 0. The average molecular weight is 224 g/mol. The van der Waals surface area contributed by atoms with Crippen LogP contribution in [0.5, 0.6) is 0 Å². The van der Waals surface area contributed by atoms with Crippen LogP contribution < -0.4 is 5.73 Å². The fourth-order valence-electron chi connectivity index (χ4n) is 1.59. The molecule has 0 aromatic rings. The fourth-order valence-corrected chi connectivity index (χ4v) is 1.59. The Morgan fingerprint density at radius 2 is 2.14 bits per heavy atom. The molecule has 0 spiro atoms. The van der Waals surface area contributed by atoms with Crippen molar-refractivity contribution in [2.45, 2.75) is 25.3 Å². The molecule has 1 aliphatic heterocycles. The number of methoxy groups -OCH3 is 1. The number of carbonyl (C=O) groups excluding carboxylic acids is 1. The van der Waals surface area contributed by atoms with Crippen molar-refractivity contribution in [1.29, 1.82) is 0 Å². The van der Waals surface area contributed by atoms with Gasteiger partial charge in [0.2, 0.25) is 0 Å². The van der Waals surface area contributed by atoms with Gasteiger partial charge in [0.15, 0.2) is 0 Å². The summed E-state index contributed by atoms with van der Waals surface area (Å²) in [6.07, 6.45) is 2.73. The van der Waals surface area contributed by atoms with Gasteiger partial charge in [0.05, 0.1) is 7.11 Å². The summed E-state index contributed by atoms with van der Waals surface area (Å²) in [6, 6.07) is -0.465. The Hall–Kier alpha value is -0.320. The third kappa shape index (κ3) is 4.26. The Kier molecular flexibility index (Phi) is 6.87. The molecule has 0 aromatic heterocycles. The zero-order chi connectivity index (χ0) is 9.68. The highest BCUT2D eigenvalue weighted by Crippen LogP contribution is 2.19. The number of esters is 1. The van der Waals surface area contributed by atoms with Crippen LogP contribution >= 0.6 is 12.4 Å². The summed E-state index contributed by atoms with van der Waals surface area (Å²) in [5.41, 5.74) is 5.64. The molecular formula is C9H18ClNO3. The molecule has 4 nitrogen and oxygen atoms in total. The van der Waals surface area contributed by atoms with Crippen molar-refractivity contribution >= 4 is 18.4 Å². The Labute approximate surface area is 90.5 Å². The number of hydrogen-bond donors (Lipinski definition) is 1. The van der Waals surface area contributed by atoms with E-state index in [9.17, 15) is 4.79 Å². The van der Waals surface area contributed by atoms with Crippen LogP contribution in [0.1, 0.15) is 19.3 Å². The van der Waals surface area contributed by atoms with Crippen molar-refractivity contribution in [3.05, 3.63) is 0 Å². The van der Waals surface area contributed by atoms with Gasteiger partial charge >= 0.3 is 5.97 Å². The molecule has 1 aliphatic rings. The molecule has 84 valence electrons. The maximum absolute atomic E-state index is 11.0. The summed E-state index contributed by atoms with van der Waals surface area (Å²) in [7, 11) is 1.37. The van der Waals surface area contributed by atoms with E-state index in [1.54, 1.807) is 0 Å². The number of ether oxygens (including phenoxy) is 2. The first kappa shape index (κ1) is 13.7. The lowest BCUT2D eigenvalue weighted by Gasteiger charge is -2.23. The largest absolute Gasteiger partial charge is 0.468 e. The van der Waals surface area contributed by atoms with Gasteiger partial charge in [-0.25, -0.2) is 0 Å². The van der Waals surface area contributed by atoms with Gasteiger partial charge in [-0.15, -0.1) is 12.4 Å². The molecule has 2 N–H and O–H groups in total. The molecule has 1 heterocycles. The van der Waals surface area contributed by atoms with Crippen molar-refractivity contribution in [3.63, 3.8) is 0 Å². The van der Waals surface area contributed by atoms with E-state index < -0.39 is 6.04 Å². The van der Waals surface area contributed by atoms with Gasteiger partial charge < -0.3 is 15.2 Å². The predicted octanol–water partition coefficient (Wildman–Crippen LogP) is 0.725. The maximum Gasteiger partial charge on any atom is 0.322 e. The monoisotopic (exact) mass is 223 g/mol. The summed E-state index contributed by atoms with van der Waals surface area (Å²) < 4.78 is 9.77. The lowest BCUT2D eigenvalue weighted by atomic mass is 9.93. The second kappa shape index (κ2) is 7.04. The van der Waals surface area contributed by atoms with E-state index in [4.69, 9.17) is 10.5 Å². The molecule has 0 aliphatic carbocycles. The van der Waals surface area contributed by atoms with E-state index in [-0.39, 0.29) is 18.4 Å². The van der Waals surface area contributed by atoms with E-state index in [1.807, 2.05) is 0 Å². The fraction of sp³-hybridized carbons (Fsp3) is 0.889. The summed E-state index contributed by atoms with van der Waals surface area (Å²) in [5, 5.41) is 0. The molecule has 5 heteroatoms. The van der Waals surface area contributed by atoms with Crippen molar-refractivity contribution in [1.82, 2.24) is 0 Å². The highest BCUT2D eigenvalue weighted by atomic mass is 35.5. The van der Waals surface area contributed by atoms with Gasteiger partial charge in [-0.1, -0.05) is 0 Å². The lowest BCUT2D eigenvalue weighted by Crippen LogP contribution is -2.35.